The second-order valence-electron chi connectivity index (χ2n) is 4.01. The lowest BCUT2D eigenvalue weighted by molar-refractivity contribution is 0.504. The molecule has 0 aromatic carbocycles. The highest BCUT2D eigenvalue weighted by molar-refractivity contribution is 9.10. The van der Waals surface area contributed by atoms with Gasteiger partial charge >= 0.3 is 0 Å². The predicted octanol–water partition coefficient (Wildman–Crippen LogP) is 2.69. The Labute approximate surface area is 99.6 Å². The van der Waals surface area contributed by atoms with Crippen molar-refractivity contribution in [1.29, 1.82) is 0 Å². The number of rotatable bonds is 4. The van der Waals surface area contributed by atoms with Gasteiger partial charge in [-0.15, -0.1) is 0 Å². The Bertz CT molecular complexity index is 335. The van der Waals surface area contributed by atoms with E-state index in [4.69, 9.17) is 5.73 Å². The average Bonchev–Trinajstić information content (AvgIpc) is 2.23. The van der Waals surface area contributed by atoms with Crippen molar-refractivity contribution < 1.29 is 0 Å². The maximum atomic E-state index is 5.73. The molecule has 3 nitrogen and oxygen atoms in total. The number of nitrogens with zero attached hydrogens (tertiary/aromatic N) is 1. The molecule has 0 aliphatic heterocycles. The Morgan fingerprint density at radius 2 is 2.20 bits per heavy atom. The highest BCUT2D eigenvalue weighted by Crippen LogP contribution is 2.20. The Balaban J connectivity index is 2.85. The number of hydrogen-bond acceptors (Lipinski definition) is 3. The summed E-state index contributed by atoms with van der Waals surface area (Å²) in [6.07, 6.45) is 0.973. The number of nitrogens with two attached hydrogens (primary N) is 1. The van der Waals surface area contributed by atoms with E-state index in [0.29, 0.717) is 6.54 Å². The van der Waals surface area contributed by atoms with Gasteiger partial charge in [-0.2, -0.15) is 0 Å². The van der Waals surface area contributed by atoms with E-state index in [9.17, 15) is 0 Å². The molecular weight excluding hydrogens is 254 g/mol. The van der Waals surface area contributed by atoms with Crippen molar-refractivity contribution in [2.75, 3.05) is 11.9 Å². The number of pyridine rings is 1. The molecule has 15 heavy (non-hydrogen) atoms. The van der Waals surface area contributed by atoms with E-state index in [1.54, 1.807) is 0 Å². The van der Waals surface area contributed by atoms with E-state index in [2.05, 4.69) is 40.1 Å². The smallest absolute Gasteiger partial charge is 0.126 e. The molecule has 0 aliphatic carbocycles. The van der Waals surface area contributed by atoms with Crippen LogP contribution in [0.25, 0.3) is 0 Å². The first-order valence-corrected chi connectivity index (χ1v) is 5.91. The number of halogens is 1. The van der Waals surface area contributed by atoms with Crippen LogP contribution < -0.4 is 11.1 Å². The lowest BCUT2D eigenvalue weighted by Gasteiger charge is -2.28. The number of anilines is 1. The van der Waals surface area contributed by atoms with E-state index in [1.165, 1.54) is 0 Å². The summed E-state index contributed by atoms with van der Waals surface area (Å²) in [6, 6.07) is 3.96. The fraction of sp³-hybridized carbons (Fsp3) is 0.545. The summed E-state index contributed by atoms with van der Waals surface area (Å²) in [6.45, 7) is 6.79. The minimum atomic E-state index is -0.0761. The zero-order valence-corrected chi connectivity index (χ0v) is 11.1. The summed E-state index contributed by atoms with van der Waals surface area (Å²) >= 11 is 3.43. The average molecular weight is 272 g/mol. The third-order valence-corrected chi connectivity index (χ3v) is 3.52. The van der Waals surface area contributed by atoms with E-state index in [1.807, 2.05) is 19.1 Å². The van der Waals surface area contributed by atoms with E-state index >= 15 is 0 Å². The molecule has 1 aromatic heterocycles. The molecule has 0 fully saturated rings. The van der Waals surface area contributed by atoms with Crippen molar-refractivity contribution in [1.82, 2.24) is 4.98 Å². The molecular formula is C11H18BrN3. The van der Waals surface area contributed by atoms with Crippen LogP contribution in [0.1, 0.15) is 26.0 Å². The van der Waals surface area contributed by atoms with Crippen LogP contribution in [0.15, 0.2) is 16.6 Å². The maximum absolute atomic E-state index is 5.73. The Kier molecular flexibility index (Phi) is 4.11. The molecule has 84 valence electrons. The monoisotopic (exact) mass is 271 g/mol. The quantitative estimate of drug-likeness (QED) is 0.886. The van der Waals surface area contributed by atoms with Gasteiger partial charge in [0.15, 0.2) is 0 Å². The molecule has 4 heteroatoms. The van der Waals surface area contributed by atoms with Gasteiger partial charge in [0, 0.05) is 16.6 Å². The first-order chi connectivity index (χ1) is 7.00. The normalized spacial score (nSPS) is 14.7. The van der Waals surface area contributed by atoms with E-state index < -0.39 is 0 Å². The molecule has 0 amide bonds. The minimum Gasteiger partial charge on any atom is -0.364 e. The van der Waals surface area contributed by atoms with Gasteiger partial charge in [-0.05, 0) is 48.3 Å². The molecule has 1 heterocycles. The summed E-state index contributed by atoms with van der Waals surface area (Å²) in [5.74, 6) is 0.880. The van der Waals surface area contributed by atoms with Crippen LogP contribution in [0, 0.1) is 6.92 Å². The molecule has 1 atom stereocenters. The summed E-state index contributed by atoms with van der Waals surface area (Å²) in [4.78, 5) is 4.44. The lowest BCUT2D eigenvalue weighted by Crippen LogP contribution is -2.42. The number of hydrogen-bond donors (Lipinski definition) is 2. The summed E-state index contributed by atoms with van der Waals surface area (Å²) in [5.41, 5.74) is 6.64. The van der Waals surface area contributed by atoms with Crippen molar-refractivity contribution in [2.24, 2.45) is 5.73 Å². The largest absolute Gasteiger partial charge is 0.364 e. The summed E-state index contributed by atoms with van der Waals surface area (Å²) in [5, 5.41) is 3.37. The van der Waals surface area contributed by atoms with Gasteiger partial charge in [0.1, 0.15) is 5.82 Å². The van der Waals surface area contributed by atoms with Crippen LogP contribution in [-0.4, -0.2) is 17.1 Å². The van der Waals surface area contributed by atoms with Crippen LogP contribution in [0.4, 0.5) is 5.82 Å². The highest BCUT2D eigenvalue weighted by atomic mass is 79.9. The SMILES string of the molecule is CCC(C)(CN)Nc1ccc(Br)c(C)n1. The summed E-state index contributed by atoms with van der Waals surface area (Å²) < 4.78 is 1.03. The second kappa shape index (κ2) is 4.94. The zero-order valence-electron chi connectivity index (χ0n) is 9.47. The summed E-state index contributed by atoms with van der Waals surface area (Å²) in [7, 11) is 0. The van der Waals surface area contributed by atoms with E-state index in [0.717, 1.165) is 22.4 Å². The van der Waals surface area contributed by atoms with Gasteiger partial charge in [0.2, 0.25) is 0 Å². The van der Waals surface area contributed by atoms with Crippen LogP contribution in [0.2, 0.25) is 0 Å². The fourth-order valence-corrected chi connectivity index (χ4v) is 1.43. The molecule has 0 saturated carbocycles. The number of aryl methyl sites for hydroxylation is 1. The van der Waals surface area contributed by atoms with Gasteiger partial charge in [-0.3, -0.25) is 0 Å². The molecule has 0 bridgehead atoms. The molecule has 1 aromatic rings. The zero-order chi connectivity index (χ0) is 11.5. The Morgan fingerprint density at radius 1 is 1.53 bits per heavy atom. The van der Waals surface area contributed by atoms with Crippen LogP contribution in [0.5, 0.6) is 0 Å². The maximum Gasteiger partial charge on any atom is 0.126 e. The van der Waals surface area contributed by atoms with E-state index in [-0.39, 0.29) is 5.54 Å². The predicted molar refractivity (Wildman–Crippen MR) is 68.0 cm³/mol. The van der Waals surface area contributed by atoms with Crippen LogP contribution >= 0.6 is 15.9 Å². The minimum absolute atomic E-state index is 0.0761. The first-order valence-electron chi connectivity index (χ1n) is 5.12. The molecule has 1 rings (SSSR count). The fourth-order valence-electron chi connectivity index (χ4n) is 1.21. The standard InChI is InChI=1S/C11H18BrN3/c1-4-11(3,7-13)15-10-6-5-9(12)8(2)14-10/h5-6H,4,7,13H2,1-3H3,(H,14,15). The second-order valence-corrected chi connectivity index (χ2v) is 4.86. The van der Waals surface area contributed by atoms with Crippen LogP contribution in [0.3, 0.4) is 0 Å². The van der Waals surface area contributed by atoms with Crippen molar-refractivity contribution >= 4 is 21.7 Å². The molecule has 0 spiro atoms. The van der Waals surface area contributed by atoms with Gasteiger partial charge < -0.3 is 11.1 Å². The number of aromatic nitrogens is 1. The Morgan fingerprint density at radius 3 is 2.67 bits per heavy atom. The lowest BCUT2D eigenvalue weighted by atomic mass is 9.99. The molecule has 0 radical (unpaired) electrons. The van der Waals surface area contributed by atoms with Crippen molar-refractivity contribution in [3.63, 3.8) is 0 Å². The van der Waals surface area contributed by atoms with Gasteiger partial charge in [0.25, 0.3) is 0 Å². The molecule has 0 saturated heterocycles. The van der Waals surface area contributed by atoms with Gasteiger partial charge in [-0.1, -0.05) is 6.92 Å². The molecule has 3 N–H and O–H groups in total. The van der Waals surface area contributed by atoms with Crippen LogP contribution in [-0.2, 0) is 0 Å². The van der Waals surface area contributed by atoms with Gasteiger partial charge in [-0.25, -0.2) is 4.98 Å². The Hall–Kier alpha value is -0.610. The molecule has 0 aliphatic rings. The first kappa shape index (κ1) is 12.5. The molecule has 1 unspecified atom stereocenters. The van der Waals surface area contributed by atoms with Crippen molar-refractivity contribution in [3.05, 3.63) is 22.3 Å². The van der Waals surface area contributed by atoms with Crippen molar-refractivity contribution in [3.8, 4) is 0 Å². The third kappa shape index (κ3) is 3.18. The van der Waals surface area contributed by atoms with Gasteiger partial charge in [0.05, 0.1) is 5.69 Å². The highest BCUT2D eigenvalue weighted by Gasteiger charge is 2.19. The third-order valence-electron chi connectivity index (χ3n) is 2.68. The van der Waals surface area contributed by atoms with Crippen molar-refractivity contribution in [2.45, 2.75) is 32.7 Å². The number of nitrogens with one attached hydrogen (secondary N) is 1. The topological polar surface area (TPSA) is 50.9 Å².